The minimum absolute atomic E-state index is 0.112. The molecule has 0 saturated heterocycles. The molecule has 0 aliphatic heterocycles. The molecule has 3 nitrogen and oxygen atoms in total. The predicted octanol–water partition coefficient (Wildman–Crippen LogP) is 5.00. The summed E-state index contributed by atoms with van der Waals surface area (Å²) >= 11 is 3.52. The standard InChI is InChI=1S/C18H26BrNO2/c1-5-13-11-15(19)8-7-14(13)12-18(9-10-18)20-16(21)22-17(3,4)6-2/h7-8,11H,5-6,9-10,12H2,1-4H3,(H,20,21). The molecule has 122 valence electrons. The summed E-state index contributed by atoms with van der Waals surface area (Å²) in [6.07, 6.45) is 4.44. The van der Waals surface area contributed by atoms with E-state index in [4.69, 9.17) is 4.74 Å². The van der Waals surface area contributed by atoms with Crippen LogP contribution in [0.15, 0.2) is 22.7 Å². The fraction of sp³-hybridized carbons (Fsp3) is 0.611. The molecular weight excluding hydrogens is 342 g/mol. The van der Waals surface area contributed by atoms with Gasteiger partial charge in [0.25, 0.3) is 0 Å². The van der Waals surface area contributed by atoms with Gasteiger partial charge in [-0.3, -0.25) is 0 Å². The Morgan fingerprint density at radius 2 is 2.00 bits per heavy atom. The monoisotopic (exact) mass is 367 g/mol. The van der Waals surface area contributed by atoms with Crippen LogP contribution in [0.5, 0.6) is 0 Å². The highest BCUT2D eigenvalue weighted by molar-refractivity contribution is 9.10. The topological polar surface area (TPSA) is 38.3 Å². The summed E-state index contributed by atoms with van der Waals surface area (Å²) in [7, 11) is 0. The second-order valence-corrected chi connectivity index (χ2v) is 7.77. The number of benzene rings is 1. The second kappa shape index (κ2) is 6.61. The number of rotatable bonds is 6. The summed E-state index contributed by atoms with van der Waals surface area (Å²) in [5.41, 5.74) is 2.13. The zero-order valence-corrected chi connectivity index (χ0v) is 15.5. The van der Waals surface area contributed by atoms with Crippen molar-refractivity contribution in [3.05, 3.63) is 33.8 Å². The van der Waals surface area contributed by atoms with E-state index in [1.165, 1.54) is 11.1 Å². The first-order chi connectivity index (χ1) is 10.3. The van der Waals surface area contributed by atoms with Gasteiger partial charge in [0.2, 0.25) is 0 Å². The van der Waals surface area contributed by atoms with Crippen molar-refractivity contribution in [2.75, 3.05) is 0 Å². The van der Waals surface area contributed by atoms with Crippen LogP contribution in [0.4, 0.5) is 4.79 Å². The number of halogens is 1. The molecule has 1 aromatic rings. The average molecular weight is 368 g/mol. The summed E-state index contributed by atoms with van der Waals surface area (Å²) in [5, 5.41) is 3.10. The molecule has 4 heteroatoms. The maximum Gasteiger partial charge on any atom is 0.408 e. The molecule has 0 bridgehead atoms. The Morgan fingerprint density at radius 3 is 2.55 bits per heavy atom. The van der Waals surface area contributed by atoms with Gasteiger partial charge in [-0.25, -0.2) is 4.79 Å². The average Bonchev–Trinajstić information content (AvgIpc) is 3.19. The Hall–Kier alpha value is -1.03. The highest BCUT2D eigenvalue weighted by atomic mass is 79.9. The highest BCUT2D eigenvalue weighted by Gasteiger charge is 2.45. The number of hydrogen-bond acceptors (Lipinski definition) is 2. The molecule has 1 aromatic carbocycles. The predicted molar refractivity (Wildman–Crippen MR) is 93.2 cm³/mol. The van der Waals surface area contributed by atoms with Gasteiger partial charge in [0, 0.05) is 10.0 Å². The van der Waals surface area contributed by atoms with Crippen molar-refractivity contribution < 1.29 is 9.53 Å². The zero-order chi connectivity index (χ0) is 16.4. The molecule has 0 unspecified atom stereocenters. The number of hydrogen-bond donors (Lipinski definition) is 1. The molecule has 1 amide bonds. The third-order valence-corrected chi connectivity index (χ3v) is 5.01. The van der Waals surface area contributed by atoms with Crippen LogP contribution in [0.3, 0.4) is 0 Å². The number of carbonyl (C=O) groups is 1. The number of alkyl carbamates (subject to hydrolysis) is 1. The Morgan fingerprint density at radius 1 is 1.32 bits per heavy atom. The SMILES string of the molecule is CCc1cc(Br)ccc1CC1(NC(=O)OC(C)(C)CC)CC1. The molecule has 0 atom stereocenters. The smallest absolute Gasteiger partial charge is 0.408 e. The number of aryl methyl sites for hydroxylation is 1. The Balaban J connectivity index is 2.02. The first-order valence-corrected chi connectivity index (χ1v) is 8.87. The molecule has 1 aliphatic rings. The fourth-order valence-corrected chi connectivity index (χ4v) is 2.93. The van der Waals surface area contributed by atoms with Gasteiger partial charge in [-0.1, -0.05) is 35.8 Å². The van der Waals surface area contributed by atoms with E-state index < -0.39 is 5.60 Å². The van der Waals surface area contributed by atoms with E-state index in [9.17, 15) is 4.79 Å². The molecule has 2 rings (SSSR count). The van der Waals surface area contributed by atoms with Crippen LogP contribution in [-0.4, -0.2) is 17.2 Å². The van der Waals surface area contributed by atoms with E-state index in [2.05, 4.69) is 46.4 Å². The van der Waals surface area contributed by atoms with Crippen molar-refractivity contribution in [2.45, 2.75) is 70.9 Å². The Bertz CT molecular complexity index is 550. The second-order valence-electron chi connectivity index (χ2n) is 6.85. The van der Waals surface area contributed by atoms with Gasteiger partial charge in [0.1, 0.15) is 5.60 Å². The molecule has 0 aromatic heterocycles. The summed E-state index contributed by atoms with van der Waals surface area (Å²) in [5.74, 6) is 0. The molecule has 1 fully saturated rings. The normalized spacial score (nSPS) is 16.2. The van der Waals surface area contributed by atoms with E-state index >= 15 is 0 Å². The van der Waals surface area contributed by atoms with Crippen molar-refractivity contribution in [3.8, 4) is 0 Å². The van der Waals surface area contributed by atoms with Gasteiger partial charge in [0.15, 0.2) is 0 Å². The van der Waals surface area contributed by atoms with E-state index in [0.29, 0.717) is 0 Å². The van der Waals surface area contributed by atoms with Crippen LogP contribution in [0.2, 0.25) is 0 Å². The van der Waals surface area contributed by atoms with Crippen molar-refractivity contribution >= 4 is 22.0 Å². The number of carbonyl (C=O) groups excluding carboxylic acids is 1. The van der Waals surface area contributed by atoms with Crippen molar-refractivity contribution in [3.63, 3.8) is 0 Å². The fourth-order valence-electron chi connectivity index (χ4n) is 2.52. The number of nitrogens with one attached hydrogen (secondary N) is 1. The van der Waals surface area contributed by atoms with Crippen molar-refractivity contribution in [1.82, 2.24) is 5.32 Å². The minimum Gasteiger partial charge on any atom is -0.444 e. The van der Waals surface area contributed by atoms with Gasteiger partial charge >= 0.3 is 6.09 Å². The summed E-state index contributed by atoms with van der Waals surface area (Å²) in [6.45, 7) is 8.07. The van der Waals surface area contributed by atoms with Crippen LogP contribution in [0, 0.1) is 0 Å². The maximum atomic E-state index is 12.1. The molecule has 0 radical (unpaired) electrons. The molecule has 0 spiro atoms. The van der Waals surface area contributed by atoms with Crippen molar-refractivity contribution in [1.29, 1.82) is 0 Å². The molecule has 22 heavy (non-hydrogen) atoms. The first-order valence-electron chi connectivity index (χ1n) is 8.07. The van der Waals surface area contributed by atoms with Gasteiger partial charge in [-0.2, -0.15) is 0 Å². The molecule has 1 N–H and O–H groups in total. The summed E-state index contributed by atoms with van der Waals surface area (Å²) in [4.78, 5) is 12.1. The highest BCUT2D eigenvalue weighted by Crippen LogP contribution is 2.40. The van der Waals surface area contributed by atoms with E-state index in [0.717, 1.165) is 36.6 Å². The Labute approximate surface area is 141 Å². The lowest BCUT2D eigenvalue weighted by Crippen LogP contribution is -2.42. The minimum atomic E-state index is -0.410. The van der Waals surface area contributed by atoms with Crippen molar-refractivity contribution in [2.24, 2.45) is 0 Å². The van der Waals surface area contributed by atoms with Crippen LogP contribution < -0.4 is 5.32 Å². The van der Waals surface area contributed by atoms with Gasteiger partial charge in [-0.15, -0.1) is 0 Å². The number of ether oxygens (including phenoxy) is 1. The zero-order valence-electron chi connectivity index (χ0n) is 14.0. The van der Waals surface area contributed by atoms with Crippen LogP contribution in [0.1, 0.15) is 58.1 Å². The lowest BCUT2D eigenvalue weighted by Gasteiger charge is -2.26. The van der Waals surface area contributed by atoms with Crippen LogP contribution in [-0.2, 0) is 17.6 Å². The summed E-state index contributed by atoms with van der Waals surface area (Å²) in [6, 6.07) is 6.40. The molecular formula is C18H26BrNO2. The van der Waals surface area contributed by atoms with E-state index in [1.54, 1.807) is 0 Å². The van der Waals surface area contributed by atoms with E-state index in [-0.39, 0.29) is 11.6 Å². The van der Waals surface area contributed by atoms with Gasteiger partial charge < -0.3 is 10.1 Å². The molecule has 1 saturated carbocycles. The van der Waals surface area contributed by atoms with E-state index in [1.807, 2.05) is 20.8 Å². The van der Waals surface area contributed by atoms with Gasteiger partial charge in [-0.05, 0) is 69.2 Å². The third kappa shape index (κ3) is 4.48. The number of amides is 1. The third-order valence-electron chi connectivity index (χ3n) is 4.52. The van der Waals surface area contributed by atoms with Crippen LogP contribution in [0.25, 0.3) is 0 Å². The van der Waals surface area contributed by atoms with Gasteiger partial charge in [0.05, 0.1) is 0 Å². The summed E-state index contributed by atoms with van der Waals surface area (Å²) < 4.78 is 6.63. The quantitative estimate of drug-likeness (QED) is 0.767. The molecule has 0 heterocycles. The molecule has 1 aliphatic carbocycles. The van der Waals surface area contributed by atoms with Crippen LogP contribution >= 0.6 is 15.9 Å². The lowest BCUT2D eigenvalue weighted by molar-refractivity contribution is 0.0336. The largest absolute Gasteiger partial charge is 0.444 e. The maximum absolute atomic E-state index is 12.1. The Kier molecular flexibility index (Phi) is 5.21. The first kappa shape index (κ1) is 17.3. The lowest BCUT2D eigenvalue weighted by atomic mass is 9.97.